The molecule has 11 heteroatoms. The molecule has 0 unspecified atom stereocenters. The number of nitrogens with zero attached hydrogens (tertiary/aromatic N) is 3. The zero-order valence-corrected chi connectivity index (χ0v) is 20.8. The highest BCUT2D eigenvalue weighted by Gasteiger charge is 2.31. The molecule has 39 heavy (non-hydrogen) atoms. The third-order valence-corrected chi connectivity index (χ3v) is 6.12. The predicted molar refractivity (Wildman–Crippen MR) is 139 cm³/mol. The van der Waals surface area contributed by atoms with E-state index in [0.29, 0.717) is 47.6 Å². The summed E-state index contributed by atoms with van der Waals surface area (Å²) in [5.74, 6) is 0.180. The van der Waals surface area contributed by atoms with E-state index in [2.05, 4.69) is 10.4 Å². The molecule has 1 N–H and O–H groups in total. The normalized spacial score (nSPS) is 13.1. The number of para-hydroxylation sites is 1. The van der Waals surface area contributed by atoms with Crippen LogP contribution < -0.4 is 14.8 Å². The summed E-state index contributed by atoms with van der Waals surface area (Å²) in [4.78, 5) is 13.0. The fraction of sp³-hybridized carbons (Fsp3) is 0.107. The molecule has 5 rings (SSSR count). The number of anilines is 1. The lowest BCUT2D eigenvalue weighted by molar-refractivity contribution is -0.137. The molecule has 1 aromatic heterocycles. The lowest BCUT2D eigenvalue weighted by atomic mass is 10.0. The Morgan fingerprint density at radius 2 is 1.79 bits per heavy atom. The van der Waals surface area contributed by atoms with Crippen molar-refractivity contribution in [1.29, 1.82) is 5.26 Å². The standard InChI is InChI=1S/C28H18ClF3N4O3/c29-22-8-7-20(28(30,31)32)14-23(22)34-27(37)18(15-33)12-19-16-36(21-4-2-1-3-5-21)35-26(19)17-6-9-24-25(13-17)39-11-10-38-24/h1-9,12-14,16H,10-11H2,(H,34,37)/b18-12+. The number of nitriles is 1. The summed E-state index contributed by atoms with van der Waals surface area (Å²) in [6.07, 6.45) is -1.68. The molecule has 196 valence electrons. The highest BCUT2D eigenvalue weighted by Crippen LogP contribution is 2.36. The molecule has 1 aliphatic rings. The summed E-state index contributed by atoms with van der Waals surface area (Å²) in [6.45, 7) is 0.817. The first kappa shape index (κ1) is 25.9. The van der Waals surface area contributed by atoms with Crippen LogP contribution in [0.2, 0.25) is 5.02 Å². The van der Waals surface area contributed by atoms with Crippen molar-refractivity contribution in [2.75, 3.05) is 18.5 Å². The van der Waals surface area contributed by atoms with Crippen LogP contribution >= 0.6 is 11.6 Å². The number of nitrogens with one attached hydrogen (secondary N) is 1. The summed E-state index contributed by atoms with van der Waals surface area (Å²) >= 11 is 6.01. The second-order valence-corrected chi connectivity index (χ2v) is 8.80. The molecule has 0 radical (unpaired) electrons. The maximum absolute atomic E-state index is 13.2. The van der Waals surface area contributed by atoms with Gasteiger partial charge in [-0.1, -0.05) is 29.8 Å². The SMILES string of the molecule is N#C/C(=C\c1cn(-c2ccccc2)nc1-c1ccc2c(c1)OCCO2)C(=O)Nc1cc(C(F)(F)F)ccc1Cl. The second-order valence-electron chi connectivity index (χ2n) is 8.39. The van der Waals surface area contributed by atoms with E-state index < -0.39 is 17.6 Å². The number of alkyl halides is 3. The van der Waals surface area contributed by atoms with Crippen LogP contribution in [0, 0.1) is 11.3 Å². The van der Waals surface area contributed by atoms with E-state index in [1.54, 1.807) is 29.1 Å². The van der Waals surface area contributed by atoms with Gasteiger partial charge in [0, 0.05) is 17.3 Å². The molecule has 0 aliphatic carbocycles. The third-order valence-electron chi connectivity index (χ3n) is 5.79. The van der Waals surface area contributed by atoms with Gasteiger partial charge in [0.05, 0.1) is 22.0 Å². The van der Waals surface area contributed by atoms with Crippen molar-refractivity contribution in [2.24, 2.45) is 0 Å². The van der Waals surface area contributed by atoms with Gasteiger partial charge < -0.3 is 14.8 Å². The Kier molecular flexibility index (Phi) is 7.00. The fourth-order valence-corrected chi connectivity index (χ4v) is 4.08. The quantitative estimate of drug-likeness (QED) is 0.225. The summed E-state index contributed by atoms with van der Waals surface area (Å²) in [6, 6.07) is 18.8. The number of aromatic nitrogens is 2. The van der Waals surface area contributed by atoms with E-state index in [-0.39, 0.29) is 16.3 Å². The summed E-state index contributed by atoms with van der Waals surface area (Å²) in [5.41, 5.74) is 0.591. The molecular formula is C28H18ClF3N4O3. The molecule has 3 aromatic carbocycles. The summed E-state index contributed by atoms with van der Waals surface area (Å²) in [7, 11) is 0. The Morgan fingerprint density at radius 3 is 2.51 bits per heavy atom. The molecular weight excluding hydrogens is 533 g/mol. The number of fused-ring (bicyclic) bond motifs is 1. The number of halogens is 4. The number of ether oxygens (including phenoxy) is 2. The van der Waals surface area contributed by atoms with Gasteiger partial charge in [-0.25, -0.2) is 4.68 Å². The molecule has 4 aromatic rings. The Morgan fingerprint density at radius 1 is 1.05 bits per heavy atom. The van der Waals surface area contributed by atoms with Gasteiger partial charge in [0.2, 0.25) is 0 Å². The minimum Gasteiger partial charge on any atom is -0.486 e. The molecule has 1 aliphatic heterocycles. The zero-order valence-electron chi connectivity index (χ0n) is 20.0. The smallest absolute Gasteiger partial charge is 0.416 e. The van der Waals surface area contributed by atoms with E-state index >= 15 is 0 Å². The lowest BCUT2D eigenvalue weighted by Crippen LogP contribution is -2.15. The monoisotopic (exact) mass is 550 g/mol. The van der Waals surface area contributed by atoms with E-state index in [4.69, 9.17) is 21.1 Å². The Balaban J connectivity index is 1.54. The van der Waals surface area contributed by atoms with E-state index in [1.807, 2.05) is 36.4 Å². The van der Waals surface area contributed by atoms with Gasteiger partial charge in [-0.2, -0.15) is 23.5 Å². The van der Waals surface area contributed by atoms with Gasteiger partial charge >= 0.3 is 6.18 Å². The van der Waals surface area contributed by atoms with Crippen LogP contribution in [0.25, 0.3) is 23.0 Å². The van der Waals surface area contributed by atoms with Crippen molar-refractivity contribution in [3.05, 3.63) is 94.6 Å². The van der Waals surface area contributed by atoms with Crippen molar-refractivity contribution in [2.45, 2.75) is 6.18 Å². The van der Waals surface area contributed by atoms with Crippen molar-refractivity contribution >= 4 is 29.3 Å². The number of hydrogen-bond donors (Lipinski definition) is 1. The van der Waals surface area contributed by atoms with Crippen LogP contribution in [0.5, 0.6) is 11.5 Å². The molecule has 0 saturated carbocycles. The van der Waals surface area contributed by atoms with Gasteiger partial charge in [-0.15, -0.1) is 0 Å². The summed E-state index contributed by atoms with van der Waals surface area (Å²) < 4.78 is 52.3. The van der Waals surface area contributed by atoms with Gasteiger partial charge in [-0.3, -0.25) is 4.79 Å². The van der Waals surface area contributed by atoms with Gasteiger partial charge in [0.1, 0.15) is 30.6 Å². The van der Waals surface area contributed by atoms with Gasteiger partial charge in [0.15, 0.2) is 11.5 Å². The van der Waals surface area contributed by atoms with Crippen molar-refractivity contribution in [1.82, 2.24) is 9.78 Å². The van der Waals surface area contributed by atoms with Crippen molar-refractivity contribution in [3.8, 4) is 34.5 Å². The molecule has 1 amide bonds. The minimum atomic E-state index is -4.64. The molecule has 2 heterocycles. The summed E-state index contributed by atoms with van der Waals surface area (Å²) in [5, 5.41) is 16.6. The van der Waals surface area contributed by atoms with Crippen LogP contribution in [0.4, 0.5) is 18.9 Å². The fourth-order valence-electron chi connectivity index (χ4n) is 3.91. The Labute approximate surface area is 225 Å². The van der Waals surface area contributed by atoms with Gasteiger partial charge in [0.25, 0.3) is 5.91 Å². The number of carbonyl (C=O) groups excluding carboxylic acids is 1. The van der Waals surface area contributed by atoms with E-state index in [9.17, 15) is 23.2 Å². The van der Waals surface area contributed by atoms with Crippen molar-refractivity contribution in [3.63, 3.8) is 0 Å². The molecule has 0 spiro atoms. The first-order chi connectivity index (χ1) is 18.7. The first-order valence-electron chi connectivity index (χ1n) is 11.6. The van der Waals surface area contributed by atoms with Crippen LogP contribution in [-0.2, 0) is 11.0 Å². The van der Waals surface area contributed by atoms with Crippen LogP contribution in [0.15, 0.2) is 78.5 Å². The number of amides is 1. The molecule has 0 bridgehead atoms. The van der Waals surface area contributed by atoms with Crippen LogP contribution in [0.1, 0.15) is 11.1 Å². The minimum absolute atomic E-state index is 0.109. The number of carbonyl (C=O) groups is 1. The number of benzene rings is 3. The van der Waals surface area contributed by atoms with Crippen LogP contribution in [0.3, 0.4) is 0 Å². The maximum atomic E-state index is 13.2. The highest BCUT2D eigenvalue weighted by molar-refractivity contribution is 6.34. The molecule has 0 atom stereocenters. The number of rotatable bonds is 5. The third kappa shape index (κ3) is 5.58. The average molecular weight is 551 g/mol. The average Bonchev–Trinajstić information content (AvgIpc) is 3.36. The van der Waals surface area contributed by atoms with Crippen LogP contribution in [-0.4, -0.2) is 28.9 Å². The van der Waals surface area contributed by atoms with E-state index in [0.717, 1.165) is 17.8 Å². The number of hydrogen-bond acceptors (Lipinski definition) is 5. The lowest BCUT2D eigenvalue weighted by Gasteiger charge is -2.18. The predicted octanol–water partition coefficient (Wildman–Crippen LogP) is 6.53. The Bertz CT molecular complexity index is 1630. The van der Waals surface area contributed by atoms with Gasteiger partial charge in [-0.05, 0) is 54.6 Å². The molecule has 7 nitrogen and oxygen atoms in total. The second kappa shape index (κ2) is 10.6. The molecule has 0 saturated heterocycles. The zero-order chi connectivity index (χ0) is 27.6. The largest absolute Gasteiger partial charge is 0.486 e. The highest BCUT2D eigenvalue weighted by atomic mass is 35.5. The van der Waals surface area contributed by atoms with Crippen molar-refractivity contribution < 1.29 is 27.4 Å². The maximum Gasteiger partial charge on any atom is 0.416 e. The van der Waals surface area contributed by atoms with E-state index in [1.165, 1.54) is 6.08 Å². The first-order valence-corrected chi connectivity index (χ1v) is 12.0. The Hall–Kier alpha value is -4.75. The topological polar surface area (TPSA) is 89.2 Å². The molecule has 0 fully saturated rings.